The SMILES string of the molecule is COC(=O)[C@@H](OC(C)(C)C)c1c(C)nc2c(c(C)c(C)n2CCC2CCO2)c1-c1ccc(Cl)cc1. The first kappa shape index (κ1) is 25.7. The van der Waals surface area contributed by atoms with Gasteiger partial charge in [-0.3, -0.25) is 0 Å². The average Bonchev–Trinajstić information content (AvgIpc) is 2.99. The Bertz CT molecular complexity index is 1240. The van der Waals surface area contributed by atoms with Crippen molar-refractivity contribution in [1.82, 2.24) is 9.55 Å². The van der Waals surface area contributed by atoms with Gasteiger partial charge >= 0.3 is 5.97 Å². The highest BCUT2D eigenvalue weighted by Gasteiger charge is 2.34. The van der Waals surface area contributed by atoms with Crippen LogP contribution in [0.5, 0.6) is 0 Å². The van der Waals surface area contributed by atoms with Gasteiger partial charge in [0.15, 0.2) is 6.10 Å². The maximum atomic E-state index is 13.1. The van der Waals surface area contributed by atoms with Crippen molar-refractivity contribution in [2.75, 3.05) is 13.7 Å². The molecule has 0 radical (unpaired) electrons. The van der Waals surface area contributed by atoms with Crippen molar-refractivity contribution in [3.8, 4) is 11.1 Å². The van der Waals surface area contributed by atoms with Gasteiger partial charge in [0.2, 0.25) is 0 Å². The van der Waals surface area contributed by atoms with Crippen LogP contribution in [0.1, 0.15) is 62.2 Å². The number of benzene rings is 1. The fourth-order valence-electron chi connectivity index (χ4n) is 4.78. The van der Waals surface area contributed by atoms with Gasteiger partial charge in [0.05, 0.1) is 18.8 Å². The Labute approximate surface area is 212 Å². The highest BCUT2D eigenvalue weighted by atomic mass is 35.5. The number of pyridine rings is 1. The van der Waals surface area contributed by atoms with Crippen molar-refractivity contribution in [2.24, 2.45) is 0 Å². The number of ether oxygens (including phenoxy) is 3. The van der Waals surface area contributed by atoms with E-state index in [0.29, 0.717) is 11.1 Å². The Balaban J connectivity index is 2.01. The molecule has 35 heavy (non-hydrogen) atoms. The molecule has 1 aromatic carbocycles. The van der Waals surface area contributed by atoms with Gasteiger partial charge in [-0.1, -0.05) is 23.7 Å². The first-order valence-corrected chi connectivity index (χ1v) is 12.5. The number of halogens is 1. The molecule has 1 unspecified atom stereocenters. The monoisotopic (exact) mass is 498 g/mol. The van der Waals surface area contributed by atoms with Crippen molar-refractivity contribution in [1.29, 1.82) is 0 Å². The van der Waals surface area contributed by atoms with E-state index in [-0.39, 0.29) is 0 Å². The summed E-state index contributed by atoms with van der Waals surface area (Å²) in [6.45, 7) is 13.6. The molecule has 1 aliphatic rings. The molecule has 7 heteroatoms. The number of carbonyl (C=O) groups excluding carboxylic acids is 1. The number of methoxy groups -OCH3 is 1. The van der Waals surface area contributed by atoms with Crippen LogP contribution in [0.2, 0.25) is 5.02 Å². The number of hydrogen-bond donors (Lipinski definition) is 0. The maximum Gasteiger partial charge on any atom is 0.339 e. The van der Waals surface area contributed by atoms with Crippen LogP contribution in [0.15, 0.2) is 24.3 Å². The van der Waals surface area contributed by atoms with E-state index in [1.54, 1.807) is 0 Å². The van der Waals surface area contributed by atoms with Gasteiger partial charge in [-0.25, -0.2) is 9.78 Å². The quantitative estimate of drug-likeness (QED) is 0.348. The zero-order chi connectivity index (χ0) is 25.5. The Hall–Kier alpha value is -2.41. The highest BCUT2D eigenvalue weighted by molar-refractivity contribution is 6.30. The second-order valence-electron chi connectivity index (χ2n) is 10.3. The van der Waals surface area contributed by atoms with Gasteiger partial charge in [0, 0.05) is 46.1 Å². The lowest BCUT2D eigenvalue weighted by Crippen LogP contribution is -2.29. The predicted molar refractivity (Wildman–Crippen MR) is 139 cm³/mol. The summed E-state index contributed by atoms with van der Waals surface area (Å²) < 4.78 is 19.4. The van der Waals surface area contributed by atoms with Crippen LogP contribution in [0.3, 0.4) is 0 Å². The molecule has 2 aromatic heterocycles. The van der Waals surface area contributed by atoms with Crippen LogP contribution in [0.4, 0.5) is 0 Å². The summed E-state index contributed by atoms with van der Waals surface area (Å²) in [5, 5.41) is 1.67. The van der Waals surface area contributed by atoms with Crippen molar-refractivity contribution >= 4 is 28.6 Å². The van der Waals surface area contributed by atoms with Crippen molar-refractivity contribution < 1.29 is 19.0 Å². The largest absolute Gasteiger partial charge is 0.467 e. The third kappa shape index (κ3) is 5.11. The number of aryl methyl sites for hydroxylation is 3. The van der Waals surface area contributed by atoms with E-state index >= 15 is 0 Å². The Morgan fingerprint density at radius 1 is 1.23 bits per heavy atom. The summed E-state index contributed by atoms with van der Waals surface area (Å²) in [6.07, 6.45) is 1.44. The lowest BCUT2D eigenvalue weighted by atomic mass is 9.91. The number of aromatic nitrogens is 2. The minimum Gasteiger partial charge on any atom is -0.467 e. The molecule has 0 amide bonds. The number of fused-ring (bicyclic) bond motifs is 1. The second-order valence-corrected chi connectivity index (χ2v) is 10.7. The van der Waals surface area contributed by atoms with Gasteiger partial charge in [-0.2, -0.15) is 0 Å². The highest BCUT2D eigenvalue weighted by Crippen LogP contribution is 2.42. The zero-order valence-electron chi connectivity index (χ0n) is 21.7. The van der Waals surface area contributed by atoms with Crippen LogP contribution >= 0.6 is 11.6 Å². The molecule has 0 N–H and O–H groups in total. The fourth-order valence-corrected chi connectivity index (χ4v) is 4.90. The molecule has 1 fully saturated rings. The lowest BCUT2D eigenvalue weighted by molar-refractivity contribution is -0.164. The fraction of sp³-hybridized carbons (Fsp3) is 0.500. The standard InChI is InChI=1S/C28H35ClN2O4/c1-16-18(3)31(14-12-21-13-15-34-21)26-22(16)24(19-8-10-20(29)11-9-19)23(17(2)30-26)25(27(32)33-7)35-28(4,5)6/h8-11,21,25H,12-15H2,1-7H3/t21?,25-/m0/s1. The normalized spacial score (nSPS) is 16.9. The topological polar surface area (TPSA) is 62.6 Å². The molecule has 0 spiro atoms. The van der Waals surface area contributed by atoms with E-state index in [4.69, 9.17) is 30.8 Å². The molecule has 0 aliphatic carbocycles. The van der Waals surface area contributed by atoms with Crippen molar-refractivity contribution in [2.45, 2.75) is 78.7 Å². The molecule has 0 bridgehead atoms. The number of nitrogens with zero attached hydrogens (tertiary/aromatic N) is 2. The molecule has 2 atom stereocenters. The molecular weight excluding hydrogens is 464 g/mol. The maximum absolute atomic E-state index is 13.1. The van der Waals surface area contributed by atoms with Gasteiger partial charge in [-0.15, -0.1) is 0 Å². The minimum atomic E-state index is -0.922. The number of carbonyl (C=O) groups is 1. The van der Waals surface area contributed by atoms with E-state index in [2.05, 4.69) is 18.4 Å². The van der Waals surface area contributed by atoms with E-state index in [9.17, 15) is 4.79 Å². The first-order chi connectivity index (χ1) is 16.5. The van der Waals surface area contributed by atoms with Gasteiger partial charge in [0.25, 0.3) is 0 Å². The van der Waals surface area contributed by atoms with Crippen LogP contribution in [-0.2, 0) is 25.5 Å². The molecule has 1 saturated heterocycles. The lowest BCUT2D eigenvalue weighted by Gasteiger charge is -2.29. The summed E-state index contributed by atoms with van der Waals surface area (Å²) in [6, 6.07) is 7.71. The van der Waals surface area contributed by atoms with E-state index in [1.807, 2.05) is 52.0 Å². The Kier molecular flexibility index (Phi) is 7.28. The molecule has 4 rings (SSSR count). The van der Waals surface area contributed by atoms with Crippen LogP contribution in [-0.4, -0.2) is 40.9 Å². The summed E-state index contributed by atoms with van der Waals surface area (Å²) in [5.74, 6) is -0.449. The van der Waals surface area contributed by atoms with E-state index < -0.39 is 17.7 Å². The van der Waals surface area contributed by atoms with Crippen molar-refractivity contribution in [3.63, 3.8) is 0 Å². The number of esters is 1. The smallest absolute Gasteiger partial charge is 0.339 e. The molecule has 1 aliphatic heterocycles. The van der Waals surface area contributed by atoms with Crippen molar-refractivity contribution in [3.05, 3.63) is 51.8 Å². The molecule has 3 heterocycles. The van der Waals surface area contributed by atoms with E-state index in [1.165, 1.54) is 7.11 Å². The Morgan fingerprint density at radius 2 is 1.89 bits per heavy atom. The van der Waals surface area contributed by atoms with Crippen LogP contribution < -0.4 is 0 Å². The molecule has 0 saturated carbocycles. The molecule has 3 aromatic rings. The molecule has 188 valence electrons. The van der Waals surface area contributed by atoms with Crippen LogP contribution in [0.25, 0.3) is 22.2 Å². The van der Waals surface area contributed by atoms with Crippen LogP contribution in [0, 0.1) is 20.8 Å². The molecular formula is C28H35ClN2O4. The number of rotatable bonds is 7. The van der Waals surface area contributed by atoms with Gasteiger partial charge < -0.3 is 18.8 Å². The molecule has 6 nitrogen and oxygen atoms in total. The predicted octanol–water partition coefficient (Wildman–Crippen LogP) is 6.49. The summed E-state index contributed by atoms with van der Waals surface area (Å²) >= 11 is 6.23. The van der Waals surface area contributed by atoms with E-state index in [0.717, 1.165) is 70.7 Å². The minimum absolute atomic E-state index is 0.312. The first-order valence-electron chi connectivity index (χ1n) is 12.1. The summed E-state index contributed by atoms with van der Waals surface area (Å²) in [5.41, 5.74) is 5.97. The second kappa shape index (κ2) is 9.92. The summed E-state index contributed by atoms with van der Waals surface area (Å²) in [7, 11) is 1.39. The van der Waals surface area contributed by atoms with Gasteiger partial charge in [0.1, 0.15) is 5.65 Å². The third-order valence-corrected chi connectivity index (χ3v) is 6.99. The summed E-state index contributed by atoms with van der Waals surface area (Å²) in [4.78, 5) is 18.1. The van der Waals surface area contributed by atoms with Gasteiger partial charge in [-0.05, 0) is 77.6 Å². The Morgan fingerprint density at radius 3 is 2.43 bits per heavy atom. The number of hydrogen-bond acceptors (Lipinski definition) is 5. The third-order valence-electron chi connectivity index (χ3n) is 6.73. The zero-order valence-corrected chi connectivity index (χ0v) is 22.5. The average molecular weight is 499 g/mol.